The SMILES string of the molecule is C=CC[C@H](Nc1ccc(-c2nn[nH]n2)cc1)c1cc(Cl)cc(NC(=O)OCc2ccccc2)c1. The van der Waals surface area contributed by atoms with Gasteiger partial charge in [-0.25, -0.2) is 4.79 Å². The number of aromatic nitrogens is 4. The number of aromatic amines is 1. The molecule has 1 aromatic heterocycles. The van der Waals surface area contributed by atoms with Gasteiger partial charge < -0.3 is 10.1 Å². The first kappa shape index (κ1) is 23.0. The molecular weight excluding hydrogens is 452 g/mol. The third kappa shape index (κ3) is 6.20. The summed E-state index contributed by atoms with van der Waals surface area (Å²) in [6, 6.07) is 22.5. The third-order valence-electron chi connectivity index (χ3n) is 5.01. The molecule has 4 aromatic rings. The second-order valence-electron chi connectivity index (χ2n) is 7.49. The van der Waals surface area contributed by atoms with Gasteiger partial charge in [0.15, 0.2) is 0 Å². The number of tetrazole rings is 1. The summed E-state index contributed by atoms with van der Waals surface area (Å²) in [7, 11) is 0. The normalized spacial score (nSPS) is 11.4. The fourth-order valence-corrected chi connectivity index (χ4v) is 3.65. The number of amides is 1. The van der Waals surface area contributed by atoms with Gasteiger partial charge in [-0.05, 0) is 65.2 Å². The molecule has 0 aliphatic rings. The van der Waals surface area contributed by atoms with Gasteiger partial charge in [-0.15, -0.1) is 16.8 Å². The van der Waals surface area contributed by atoms with Crippen molar-refractivity contribution >= 4 is 29.1 Å². The Kier molecular flexibility index (Phi) is 7.52. The van der Waals surface area contributed by atoms with Crippen molar-refractivity contribution in [3.8, 4) is 11.4 Å². The molecule has 172 valence electrons. The smallest absolute Gasteiger partial charge is 0.411 e. The molecule has 3 N–H and O–H groups in total. The number of halogens is 1. The second-order valence-corrected chi connectivity index (χ2v) is 7.93. The molecule has 0 aliphatic heterocycles. The van der Waals surface area contributed by atoms with E-state index in [1.165, 1.54) is 0 Å². The molecule has 34 heavy (non-hydrogen) atoms. The second kappa shape index (κ2) is 11.1. The average molecular weight is 475 g/mol. The fraction of sp³-hybridized carbons (Fsp3) is 0.120. The molecule has 0 spiro atoms. The highest BCUT2D eigenvalue weighted by Gasteiger charge is 2.14. The molecule has 4 rings (SSSR count). The molecule has 1 atom stereocenters. The highest BCUT2D eigenvalue weighted by Crippen LogP contribution is 2.29. The molecule has 0 bridgehead atoms. The van der Waals surface area contributed by atoms with Crippen LogP contribution in [0.3, 0.4) is 0 Å². The first-order valence-electron chi connectivity index (χ1n) is 10.6. The summed E-state index contributed by atoms with van der Waals surface area (Å²) in [5, 5.41) is 20.7. The molecule has 1 amide bonds. The molecule has 9 heteroatoms. The van der Waals surface area contributed by atoms with E-state index >= 15 is 0 Å². The first-order valence-corrected chi connectivity index (χ1v) is 11.0. The summed E-state index contributed by atoms with van der Waals surface area (Å²) in [6.45, 7) is 4.05. The van der Waals surface area contributed by atoms with Gasteiger partial charge in [-0.2, -0.15) is 5.21 Å². The van der Waals surface area contributed by atoms with E-state index in [-0.39, 0.29) is 12.6 Å². The van der Waals surface area contributed by atoms with Crippen LogP contribution in [-0.2, 0) is 11.3 Å². The van der Waals surface area contributed by atoms with Gasteiger partial charge in [-0.1, -0.05) is 48.0 Å². The molecule has 3 aromatic carbocycles. The fourth-order valence-electron chi connectivity index (χ4n) is 3.41. The van der Waals surface area contributed by atoms with Gasteiger partial charge in [0.05, 0.1) is 6.04 Å². The Morgan fingerprint density at radius 2 is 1.88 bits per heavy atom. The summed E-state index contributed by atoms with van der Waals surface area (Å²) in [6.07, 6.45) is 1.92. The van der Waals surface area contributed by atoms with Gasteiger partial charge in [0.25, 0.3) is 0 Å². The van der Waals surface area contributed by atoms with Crippen molar-refractivity contribution in [2.45, 2.75) is 19.1 Å². The van der Waals surface area contributed by atoms with Crippen LogP contribution in [0.25, 0.3) is 11.4 Å². The third-order valence-corrected chi connectivity index (χ3v) is 5.23. The molecule has 1 heterocycles. The summed E-state index contributed by atoms with van der Waals surface area (Å²) in [5.74, 6) is 0.527. The quantitative estimate of drug-likeness (QED) is 0.257. The van der Waals surface area contributed by atoms with Crippen molar-refractivity contribution in [2.24, 2.45) is 0 Å². The zero-order valence-electron chi connectivity index (χ0n) is 18.2. The van der Waals surface area contributed by atoms with Crippen LogP contribution in [0.15, 0.2) is 85.5 Å². The number of benzene rings is 3. The largest absolute Gasteiger partial charge is 0.444 e. The van der Waals surface area contributed by atoms with Crippen LogP contribution in [0.4, 0.5) is 16.2 Å². The number of carbonyl (C=O) groups excluding carboxylic acids is 1. The Hall–Kier alpha value is -4.17. The lowest BCUT2D eigenvalue weighted by Crippen LogP contribution is -2.15. The number of hydrogen-bond donors (Lipinski definition) is 3. The Morgan fingerprint density at radius 3 is 2.59 bits per heavy atom. The van der Waals surface area contributed by atoms with Crippen LogP contribution in [-0.4, -0.2) is 26.7 Å². The molecule has 0 aliphatic carbocycles. The Morgan fingerprint density at radius 1 is 1.09 bits per heavy atom. The zero-order chi connectivity index (χ0) is 23.8. The maximum atomic E-state index is 12.3. The van der Waals surface area contributed by atoms with Crippen LogP contribution in [0, 0.1) is 0 Å². The van der Waals surface area contributed by atoms with Crippen molar-refractivity contribution in [3.05, 3.63) is 102 Å². The van der Waals surface area contributed by atoms with Gasteiger partial charge in [-0.3, -0.25) is 5.32 Å². The van der Waals surface area contributed by atoms with Crippen molar-refractivity contribution in [2.75, 3.05) is 10.6 Å². The van der Waals surface area contributed by atoms with E-state index in [4.69, 9.17) is 16.3 Å². The van der Waals surface area contributed by atoms with Crippen molar-refractivity contribution in [1.82, 2.24) is 20.6 Å². The van der Waals surface area contributed by atoms with Gasteiger partial charge >= 0.3 is 6.09 Å². The van der Waals surface area contributed by atoms with Crippen molar-refractivity contribution < 1.29 is 9.53 Å². The van der Waals surface area contributed by atoms with Crippen molar-refractivity contribution in [1.29, 1.82) is 0 Å². The molecule has 0 radical (unpaired) electrons. The average Bonchev–Trinajstić information content (AvgIpc) is 3.38. The van der Waals surface area contributed by atoms with Gasteiger partial charge in [0, 0.05) is 22.0 Å². The highest BCUT2D eigenvalue weighted by atomic mass is 35.5. The Labute approximate surface area is 202 Å². The Bertz CT molecular complexity index is 1230. The lowest BCUT2D eigenvalue weighted by molar-refractivity contribution is 0.155. The van der Waals surface area contributed by atoms with E-state index in [9.17, 15) is 4.79 Å². The monoisotopic (exact) mass is 474 g/mol. The number of H-pyrrole nitrogens is 1. The molecule has 0 saturated carbocycles. The summed E-state index contributed by atoms with van der Waals surface area (Å²) in [5.41, 5.74) is 4.10. The number of rotatable bonds is 9. The summed E-state index contributed by atoms with van der Waals surface area (Å²) >= 11 is 6.36. The zero-order valence-corrected chi connectivity index (χ0v) is 19.0. The van der Waals surface area contributed by atoms with Crippen molar-refractivity contribution in [3.63, 3.8) is 0 Å². The number of nitrogens with zero attached hydrogens (tertiary/aromatic N) is 3. The maximum Gasteiger partial charge on any atom is 0.411 e. The van der Waals surface area contributed by atoms with Crippen LogP contribution in [0.2, 0.25) is 5.02 Å². The van der Waals surface area contributed by atoms with E-state index in [2.05, 4.69) is 37.8 Å². The number of anilines is 2. The summed E-state index contributed by atoms with van der Waals surface area (Å²) < 4.78 is 5.32. The standard InChI is InChI=1S/C25H23ClN6O2/c1-2-6-23(27-21-11-9-18(10-12-21)24-29-31-32-30-24)19-13-20(26)15-22(14-19)28-25(33)34-16-17-7-4-3-5-8-17/h2-5,7-15,23,27H,1,6,16H2,(H,28,33)(H,29,30,31,32)/t23-/m0/s1. The first-order chi connectivity index (χ1) is 16.6. The minimum absolute atomic E-state index is 0.117. The molecular formula is C25H23ClN6O2. The van der Waals surface area contributed by atoms with E-state index in [0.29, 0.717) is 23.0 Å². The number of nitrogens with one attached hydrogen (secondary N) is 3. The number of ether oxygens (including phenoxy) is 1. The minimum atomic E-state index is -0.553. The van der Waals surface area contributed by atoms with Crippen LogP contribution in [0.1, 0.15) is 23.6 Å². The topological polar surface area (TPSA) is 105 Å². The molecule has 8 nitrogen and oxygen atoms in total. The summed E-state index contributed by atoms with van der Waals surface area (Å²) in [4.78, 5) is 12.3. The molecule has 0 fully saturated rings. The van der Waals surface area contributed by atoms with Crippen LogP contribution >= 0.6 is 11.6 Å². The van der Waals surface area contributed by atoms with Crippen LogP contribution in [0.5, 0.6) is 0 Å². The Balaban J connectivity index is 1.45. The lowest BCUT2D eigenvalue weighted by Gasteiger charge is -2.20. The number of carbonyl (C=O) groups is 1. The predicted octanol–water partition coefficient (Wildman–Crippen LogP) is 6.00. The maximum absolute atomic E-state index is 12.3. The highest BCUT2D eigenvalue weighted by molar-refractivity contribution is 6.31. The van der Waals surface area contributed by atoms with E-state index in [1.54, 1.807) is 6.07 Å². The van der Waals surface area contributed by atoms with Crippen LogP contribution < -0.4 is 10.6 Å². The number of hydrogen-bond acceptors (Lipinski definition) is 6. The predicted molar refractivity (Wildman–Crippen MR) is 132 cm³/mol. The van der Waals surface area contributed by atoms with Gasteiger partial charge in [0.1, 0.15) is 6.61 Å². The van der Waals surface area contributed by atoms with E-state index in [0.717, 1.165) is 22.4 Å². The van der Waals surface area contributed by atoms with E-state index in [1.807, 2.05) is 72.8 Å². The molecule has 0 unspecified atom stereocenters. The van der Waals surface area contributed by atoms with E-state index < -0.39 is 6.09 Å². The van der Waals surface area contributed by atoms with Gasteiger partial charge in [0.2, 0.25) is 5.82 Å². The molecule has 0 saturated heterocycles. The minimum Gasteiger partial charge on any atom is -0.444 e. The lowest BCUT2D eigenvalue weighted by atomic mass is 10.0.